The van der Waals surface area contributed by atoms with Crippen LogP contribution in [0.4, 0.5) is 0 Å². The molecule has 7 heteroatoms. The molecule has 0 N–H and O–H groups in total. The summed E-state index contributed by atoms with van der Waals surface area (Å²) >= 11 is 6.22. The summed E-state index contributed by atoms with van der Waals surface area (Å²) in [5.41, 5.74) is 5.16. The lowest BCUT2D eigenvalue weighted by molar-refractivity contribution is -0.619. The SMILES string of the molecule is COc1cc(-c2nc(-c3cc(C)[n+]([O-])c(C)c3)c3n2CC(C)OCC3)ccc1Cl. The Morgan fingerprint density at radius 2 is 1.93 bits per heavy atom. The molecule has 0 saturated carbocycles. The maximum Gasteiger partial charge on any atom is 0.190 e. The number of hydrogen-bond donors (Lipinski definition) is 0. The number of benzene rings is 1. The number of imidazole rings is 1. The molecule has 0 radical (unpaired) electrons. The van der Waals surface area contributed by atoms with Crippen LogP contribution in [-0.2, 0) is 17.7 Å². The van der Waals surface area contributed by atoms with Crippen molar-refractivity contribution in [2.45, 2.75) is 39.8 Å². The van der Waals surface area contributed by atoms with E-state index in [0.717, 1.165) is 39.5 Å². The maximum atomic E-state index is 12.1. The molecule has 0 fully saturated rings. The zero-order valence-electron chi connectivity index (χ0n) is 17.0. The molecule has 1 atom stereocenters. The van der Waals surface area contributed by atoms with Gasteiger partial charge in [0, 0.05) is 49.2 Å². The molecule has 1 aliphatic heterocycles. The van der Waals surface area contributed by atoms with E-state index in [-0.39, 0.29) is 6.10 Å². The molecule has 4 rings (SSSR count). The van der Waals surface area contributed by atoms with Gasteiger partial charge in [-0.1, -0.05) is 11.6 Å². The standard InChI is InChI=1S/C22H24ClN3O3/c1-13-9-17(10-14(2)26(13)27)21-19-7-8-29-15(3)12-25(19)22(24-21)16-5-6-18(23)20(11-16)28-4/h5-6,9-11,15H,7-8,12H2,1-4H3. The predicted molar refractivity (Wildman–Crippen MR) is 112 cm³/mol. The first-order valence-corrected chi connectivity index (χ1v) is 10.0. The van der Waals surface area contributed by atoms with Gasteiger partial charge in [0.25, 0.3) is 0 Å². The summed E-state index contributed by atoms with van der Waals surface area (Å²) < 4.78 is 14.5. The third-order valence-electron chi connectivity index (χ3n) is 5.31. The molecule has 3 heterocycles. The van der Waals surface area contributed by atoms with Gasteiger partial charge in [-0.05, 0) is 25.1 Å². The van der Waals surface area contributed by atoms with Gasteiger partial charge < -0.3 is 19.2 Å². The molecular formula is C22H24ClN3O3. The maximum absolute atomic E-state index is 12.1. The summed E-state index contributed by atoms with van der Waals surface area (Å²) in [5, 5.41) is 12.7. The molecule has 0 amide bonds. The van der Waals surface area contributed by atoms with Crippen molar-refractivity contribution >= 4 is 11.6 Å². The van der Waals surface area contributed by atoms with E-state index in [1.54, 1.807) is 7.11 Å². The van der Waals surface area contributed by atoms with E-state index < -0.39 is 0 Å². The number of aromatic nitrogens is 3. The van der Waals surface area contributed by atoms with Gasteiger partial charge in [0.05, 0.1) is 37.1 Å². The van der Waals surface area contributed by atoms with Gasteiger partial charge >= 0.3 is 0 Å². The van der Waals surface area contributed by atoms with Crippen molar-refractivity contribution in [3.63, 3.8) is 0 Å². The highest BCUT2D eigenvalue weighted by Crippen LogP contribution is 2.35. The number of rotatable bonds is 3. The Balaban J connectivity index is 1.94. The average Bonchev–Trinajstić information content (AvgIpc) is 2.92. The molecule has 6 nitrogen and oxygen atoms in total. The largest absolute Gasteiger partial charge is 0.618 e. The highest BCUT2D eigenvalue weighted by molar-refractivity contribution is 6.32. The van der Waals surface area contributed by atoms with Gasteiger partial charge in [-0.25, -0.2) is 4.98 Å². The van der Waals surface area contributed by atoms with Crippen LogP contribution in [0.15, 0.2) is 30.3 Å². The number of ether oxygens (including phenoxy) is 2. The van der Waals surface area contributed by atoms with E-state index >= 15 is 0 Å². The molecule has 0 spiro atoms. The summed E-state index contributed by atoms with van der Waals surface area (Å²) in [4.78, 5) is 5.02. The normalized spacial score (nSPS) is 16.4. The fraction of sp³-hybridized carbons (Fsp3) is 0.364. The van der Waals surface area contributed by atoms with E-state index in [1.165, 1.54) is 0 Å². The van der Waals surface area contributed by atoms with Gasteiger partial charge in [-0.3, -0.25) is 0 Å². The van der Waals surface area contributed by atoms with Crippen molar-refractivity contribution in [2.75, 3.05) is 13.7 Å². The van der Waals surface area contributed by atoms with Crippen LogP contribution in [0.2, 0.25) is 5.02 Å². The Labute approximate surface area is 175 Å². The minimum Gasteiger partial charge on any atom is -0.618 e. The number of nitrogens with zero attached hydrogens (tertiary/aromatic N) is 3. The third kappa shape index (κ3) is 3.58. The second-order valence-corrected chi connectivity index (χ2v) is 7.85. The molecule has 29 heavy (non-hydrogen) atoms. The monoisotopic (exact) mass is 413 g/mol. The van der Waals surface area contributed by atoms with E-state index in [0.29, 0.717) is 35.3 Å². The van der Waals surface area contributed by atoms with Crippen LogP contribution in [0.1, 0.15) is 24.0 Å². The molecule has 3 aromatic rings. The van der Waals surface area contributed by atoms with Crippen molar-refractivity contribution in [2.24, 2.45) is 0 Å². The van der Waals surface area contributed by atoms with E-state index in [2.05, 4.69) is 11.5 Å². The second kappa shape index (κ2) is 7.69. The lowest BCUT2D eigenvalue weighted by atomic mass is 10.1. The number of methoxy groups -OCH3 is 1. The number of fused-ring (bicyclic) bond motifs is 1. The van der Waals surface area contributed by atoms with Crippen molar-refractivity contribution in [1.82, 2.24) is 9.55 Å². The summed E-state index contributed by atoms with van der Waals surface area (Å²) in [6.07, 6.45) is 0.830. The van der Waals surface area contributed by atoms with Crippen LogP contribution in [0, 0.1) is 19.1 Å². The Bertz CT molecular complexity index is 1050. The van der Waals surface area contributed by atoms with Crippen LogP contribution in [0.3, 0.4) is 0 Å². The van der Waals surface area contributed by atoms with Crippen LogP contribution < -0.4 is 9.47 Å². The third-order valence-corrected chi connectivity index (χ3v) is 5.62. The topological polar surface area (TPSA) is 63.2 Å². The second-order valence-electron chi connectivity index (χ2n) is 7.44. The fourth-order valence-electron chi connectivity index (χ4n) is 3.88. The summed E-state index contributed by atoms with van der Waals surface area (Å²) in [5.74, 6) is 1.45. The van der Waals surface area contributed by atoms with Gasteiger partial charge in [0.1, 0.15) is 11.6 Å². The lowest BCUT2D eigenvalue weighted by Gasteiger charge is -2.13. The quantitative estimate of drug-likeness (QED) is 0.479. The molecule has 0 saturated heterocycles. The summed E-state index contributed by atoms with van der Waals surface area (Å²) in [6, 6.07) is 9.47. The molecular weight excluding hydrogens is 390 g/mol. The molecule has 0 bridgehead atoms. The smallest absolute Gasteiger partial charge is 0.190 e. The Morgan fingerprint density at radius 3 is 2.62 bits per heavy atom. The number of aryl methyl sites for hydroxylation is 2. The molecule has 1 aromatic carbocycles. The first kappa shape index (κ1) is 19.7. The van der Waals surface area contributed by atoms with E-state index in [4.69, 9.17) is 26.1 Å². The molecule has 1 aliphatic rings. The van der Waals surface area contributed by atoms with Crippen LogP contribution in [0.25, 0.3) is 22.6 Å². The Hall–Kier alpha value is -2.57. The first-order valence-electron chi connectivity index (χ1n) is 9.65. The zero-order valence-corrected chi connectivity index (χ0v) is 17.8. The van der Waals surface area contributed by atoms with Crippen molar-refractivity contribution in [3.8, 4) is 28.4 Å². The summed E-state index contributed by atoms with van der Waals surface area (Å²) in [6.45, 7) is 7.03. The highest BCUT2D eigenvalue weighted by Gasteiger charge is 2.25. The average molecular weight is 414 g/mol. The van der Waals surface area contributed by atoms with Crippen LogP contribution in [0.5, 0.6) is 5.75 Å². The molecule has 152 valence electrons. The number of pyridine rings is 1. The minimum absolute atomic E-state index is 0.0780. The van der Waals surface area contributed by atoms with E-state index in [9.17, 15) is 5.21 Å². The highest BCUT2D eigenvalue weighted by atomic mass is 35.5. The van der Waals surface area contributed by atoms with Gasteiger partial charge in [0.15, 0.2) is 11.4 Å². The first-order chi connectivity index (χ1) is 13.9. The summed E-state index contributed by atoms with van der Waals surface area (Å²) in [7, 11) is 1.60. The Morgan fingerprint density at radius 1 is 1.21 bits per heavy atom. The van der Waals surface area contributed by atoms with Gasteiger partial charge in [0.2, 0.25) is 0 Å². The Kier molecular flexibility index (Phi) is 5.23. The number of halogens is 1. The molecule has 1 unspecified atom stereocenters. The van der Waals surface area contributed by atoms with Crippen LogP contribution in [-0.4, -0.2) is 29.4 Å². The lowest BCUT2D eigenvalue weighted by Crippen LogP contribution is -2.33. The number of hydrogen-bond acceptors (Lipinski definition) is 4. The van der Waals surface area contributed by atoms with Gasteiger partial charge in [-0.15, -0.1) is 0 Å². The molecule has 0 aliphatic carbocycles. The van der Waals surface area contributed by atoms with Crippen LogP contribution >= 0.6 is 11.6 Å². The van der Waals surface area contributed by atoms with Gasteiger partial charge in [-0.2, -0.15) is 4.73 Å². The fourth-order valence-corrected chi connectivity index (χ4v) is 4.07. The van der Waals surface area contributed by atoms with Crippen molar-refractivity contribution in [3.05, 3.63) is 57.6 Å². The predicted octanol–water partition coefficient (Wildman–Crippen LogP) is 4.09. The minimum atomic E-state index is 0.0780. The zero-order chi connectivity index (χ0) is 20.7. The van der Waals surface area contributed by atoms with Crippen molar-refractivity contribution < 1.29 is 14.2 Å². The van der Waals surface area contributed by atoms with E-state index in [1.807, 2.05) is 44.2 Å². The van der Waals surface area contributed by atoms with Crippen molar-refractivity contribution in [1.29, 1.82) is 0 Å². The molecule has 2 aromatic heterocycles.